The molecule has 2 saturated carbocycles. The summed E-state index contributed by atoms with van der Waals surface area (Å²) in [6.07, 6.45) is 14.7. The van der Waals surface area contributed by atoms with Crippen LogP contribution >= 0.6 is 7.92 Å². The molecule has 2 aromatic carbocycles. The summed E-state index contributed by atoms with van der Waals surface area (Å²) in [5.74, 6) is 0. The smallest absolute Gasteiger partial charge is 0.0101 e. The van der Waals surface area contributed by atoms with Gasteiger partial charge in [-0.2, -0.15) is 0 Å². The summed E-state index contributed by atoms with van der Waals surface area (Å²) in [6.45, 7) is 4.59. The van der Waals surface area contributed by atoms with Crippen molar-refractivity contribution in [3.8, 4) is 11.1 Å². The van der Waals surface area contributed by atoms with Crippen LogP contribution in [0.2, 0.25) is 0 Å². The van der Waals surface area contributed by atoms with Crippen molar-refractivity contribution in [1.29, 1.82) is 0 Å². The van der Waals surface area contributed by atoms with Gasteiger partial charge >= 0.3 is 0 Å². The Balaban J connectivity index is 1.80. The average molecular weight is 379 g/mol. The Morgan fingerprint density at radius 2 is 1.15 bits per heavy atom. The first-order valence-corrected chi connectivity index (χ1v) is 12.7. The standard InChI is InChI=1S/C26H35P/c1-20-12-11-13-21(2)26(20)24-18-9-10-19-25(24)27(22-14-5-3-6-15-22)23-16-7-4-8-17-23/h9-13,18-19,22-23H,3-8,14-17H2,1-2H3. The van der Waals surface area contributed by atoms with Crippen LogP contribution in [0.4, 0.5) is 0 Å². The van der Waals surface area contributed by atoms with Crippen molar-refractivity contribution < 1.29 is 0 Å². The van der Waals surface area contributed by atoms with Crippen LogP contribution in [-0.2, 0) is 0 Å². The molecule has 0 saturated heterocycles. The normalized spacial score (nSPS) is 19.5. The van der Waals surface area contributed by atoms with Crippen LogP contribution < -0.4 is 5.30 Å². The summed E-state index contributed by atoms with van der Waals surface area (Å²) < 4.78 is 0. The van der Waals surface area contributed by atoms with Crippen molar-refractivity contribution in [3.63, 3.8) is 0 Å². The average Bonchev–Trinajstić information content (AvgIpc) is 2.71. The lowest BCUT2D eigenvalue weighted by Gasteiger charge is -2.39. The van der Waals surface area contributed by atoms with E-state index in [9.17, 15) is 0 Å². The van der Waals surface area contributed by atoms with Gasteiger partial charge in [0.25, 0.3) is 0 Å². The number of aryl methyl sites for hydroxylation is 2. The zero-order valence-corrected chi connectivity index (χ0v) is 18.1. The van der Waals surface area contributed by atoms with E-state index in [-0.39, 0.29) is 7.92 Å². The lowest BCUT2D eigenvalue weighted by molar-refractivity contribution is 0.487. The summed E-state index contributed by atoms with van der Waals surface area (Å²) in [5.41, 5.74) is 7.85. The maximum Gasteiger partial charge on any atom is -0.0101 e. The fraction of sp³-hybridized carbons (Fsp3) is 0.538. The van der Waals surface area contributed by atoms with Crippen LogP contribution in [0.1, 0.15) is 75.3 Å². The zero-order valence-electron chi connectivity index (χ0n) is 17.2. The Bertz CT molecular complexity index is 712. The molecule has 2 aliphatic carbocycles. The molecule has 0 atom stereocenters. The molecule has 2 fully saturated rings. The van der Waals surface area contributed by atoms with E-state index in [1.807, 2.05) is 0 Å². The molecular formula is C26H35P. The second kappa shape index (κ2) is 8.91. The van der Waals surface area contributed by atoms with Gasteiger partial charge in [0.05, 0.1) is 0 Å². The van der Waals surface area contributed by atoms with Gasteiger partial charge in [0.15, 0.2) is 0 Å². The highest BCUT2D eigenvalue weighted by Crippen LogP contribution is 2.56. The van der Waals surface area contributed by atoms with E-state index in [4.69, 9.17) is 0 Å². The predicted molar refractivity (Wildman–Crippen MR) is 122 cm³/mol. The minimum Gasteiger partial charge on any atom is -0.0683 e. The molecule has 0 unspecified atom stereocenters. The minimum atomic E-state index is -0.0613. The molecule has 27 heavy (non-hydrogen) atoms. The molecule has 0 amide bonds. The van der Waals surface area contributed by atoms with Crippen molar-refractivity contribution in [2.24, 2.45) is 0 Å². The lowest BCUT2D eigenvalue weighted by atomic mass is 9.96. The molecule has 4 rings (SSSR count). The second-order valence-electron chi connectivity index (χ2n) is 8.77. The lowest BCUT2D eigenvalue weighted by Crippen LogP contribution is -2.27. The third-order valence-electron chi connectivity index (χ3n) is 6.87. The van der Waals surface area contributed by atoms with Crippen LogP contribution in [0.5, 0.6) is 0 Å². The maximum atomic E-state index is 2.51. The number of hydrogen-bond donors (Lipinski definition) is 0. The second-order valence-corrected chi connectivity index (χ2v) is 11.5. The molecule has 2 aromatic rings. The Labute approximate surface area is 167 Å². The Morgan fingerprint density at radius 3 is 1.70 bits per heavy atom. The molecule has 0 nitrogen and oxygen atoms in total. The van der Waals surface area contributed by atoms with Gasteiger partial charge in [-0.3, -0.25) is 0 Å². The van der Waals surface area contributed by atoms with Crippen LogP contribution in [-0.4, -0.2) is 11.3 Å². The van der Waals surface area contributed by atoms with Gasteiger partial charge in [-0.1, -0.05) is 88.9 Å². The fourth-order valence-electron chi connectivity index (χ4n) is 5.56. The van der Waals surface area contributed by atoms with Gasteiger partial charge in [0, 0.05) is 0 Å². The van der Waals surface area contributed by atoms with E-state index >= 15 is 0 Å². The van der Waals surface area contributed by atoms with E-state index in [2.05, 4.69) is 56.3 Å². The fourth-order valence-corrected chi connectivity index (χ4v) is 9.51. The number of benzene rings is 2. The first-order chi connectivity index (χ1) is 13.3. The van der Waals surface area contributed by atoms with E-state index < -0.39 is 0 Å². The quantitative estimate of drug-likeness (QED) is 0.477. The van der Waals surface area contributed by atoms with Gasteiger partial charge in [0.2, 0.25) is 0 Å². The van der Waals surface area contributed by atoms with Crippen molar-refractivity contribution in [2.75, 3.05) is 0 Å². The van der Waals surface area contributed by atoms with E-state index in [1.54, 1.807) is 10.9 Å². The minimum absolute atomic E-state index is 0.0613. The highest BCUT2D eigenvalue weighted by molar-refractivity contribution is 7.67. The molecule has 0 N–H and O–H groups in total. The highest BCUT2D eigenvalue weighted by atomic mass is 31.1. The summed E-state index contributed by atoms with van der Waals surface area (Å²) in [7, 11) is -0.0613. The van der Waals surface area contributed by atoms with Crippen LogP contribution in [0.15, 0.2) is 42.5 Å². The van der Waals surface area contributed by atoms with Crippen molar-refractivity contribution >= 4 is 13.2 Å². The number of rotatable bonds is 4. The van der Waals surface area contributed by atoms with Crippen molar-refractivity contribution in [1.82, 2.24) is 0 Å². The number of hydrogen-bond acceptors (Lipinski definition) is 0. The topological polar surface area (TPSA) is 0 Å². The van der Waals surface area contributed by atoms with Crippen LogP contribution in [0, 0.1) is 13.8 Å². The summed E-state index contributed by atoms with van der Waals surface area (Å²) in [6, 6.07) is 16.3. The van der Waals surface area contributed by atoms with Crippen molar-refractivity contribution in [3.05, 3.63) is 53.6 Å². The molecular weight excluding hydrogens is 343 g/mol. The highest BCUT2D eigenvalue weighted by Gasteiger charge is 2.33. The summed E-state index contributed by atoms with van der Waals surface area (Å²) in [5, 5.41) is 1.73. The zero-order chi connectivity index (χ0) is 18.6. The summed E-state index contributed by atoms with van der Waals surface area (Å²) >= 11 is 0. The van der Waals surface area contributed by atoms with Gasteiger partial charge in [0.1, 0.15) is 0 Å². The molecule has 0 aromatic heterocycles. The van der Waals surface area contributed by atoms with Gasteiger partial charge in [-0.15, -0.1) is 0 Å². The molecule has 144 valence electrons. The van der Waals surface area contributed by atoms with Gasteiger partial charge < -0.3 is 0 Å². The van der Waals surface area contributed by atoms with E-state index in [1.165, 1.54) is 80.9 Å². The molecule has 1 heteroatoms. The first-order valence-electron chi connectivity index (χ1n) is 11.2. The Morgan fingerprint density at radius 1 is 0.630 bits per heavy atom. The van der Waals surface area contributed by atoms with E-state index in [0.717, 1.165) is 11.3 Å². The van der Waals surface area contributed by atoms with Crippen molar-refractivity contribution in [2.45, 2.75) is 89.4 Å². The van der Waals surface area contributed by atoms with E-state index in [0.29, 0.717) is 0 Å². The largest absolute Gasteiger partial charge is 0.0683 e. The Kier molecular flexibility index (Phi) is 6.34. The predicted octanol–water partition coefficient (Wildman–Crippen LogP) is 7.74. The molecule has 0 aliphatic heterocycles. The SMILES string of the molecule is Cc1cccc(C)c1-c1ccccc1P(C1CCCCC1)C1CCCCC1. The van der Waals surface area contributed by atoms with Gasteiger partial charge in [-0.05, 0) is 78.4 Å². The third-order valence-corrected chi connectivity index (χ3v) is 10.4. The summed E-state index contributed by atoms with van der Waals surface area (Å²) in [4.78, 5) is 0. The Hall–Kier alpha value is -1.13. The molecule has 0 radical (unpaired) electrons. The molecule has 0 spiro atoms. The molecule has 0 bridgehead atoms. The third kappa shape index (κ3) is 4.17. The van der Waals surface area contributed by atoms with Crippen LogP contribution in [0.25, 0.3) is 11.1 Å². The molecule has 0 heterocycles. The van der Waals surface area contributed by atoms with Crippen LogP contribution in [0.3, 0.4) is 0 Å². The van der Waals surface area contributed by atoms with Gasteiger partial charge in [-0.25, -0.2) is 0 Å². The molecule has 2 aliphatic rings. The first kappa shape index (κ1) is 19.2. The monoisotopic (exact) mass is 378 g/mol. The maximum absolute atomic E-state index is 2.51.